The van der Waals surface area contributed by atoms with Crippen LogP contribution in [0.3, 0.4) is 0 Å². The zero-order valence-corrected chi connectivity index (χ0v) is 15.9. The molecule has 1 aromatic rings. The van der Waals surface area contributed by atoms with E-state index in [2.05, 4.69) is 4.90 Å². The van der Waals surface area contributed by atoms with Crippen LogP contribution in [0.25, 0.3) is 0 Å². The molecule has 1 spiro atoms. The van der Waals surface area contributed by atoms with Crippen LogP contribution in [0, 0.1) is 0 Å². The van der Waals surface area contributed by atoms with E-state index < -0.39 is 17.0 Å². The van der Waals surface area contributed by atoms with Crippen LogP contribution in [0.1, 0.15) is 36.7 Å². The maximum Gasteiger partial charge on any atom is 0.410 e. The SMILES string of the molecule is CN(C)C1CN(C(=O)OC(C)(C)C)CC12COc1cc(C(=O)O)ccc12. The van der Waals surface area contributed by atoms with Crippen LogP contribution in [0.15, 0.2) is 18.2 Å². The summed E-state index contributed by atoms with van der Waals surface area (Å²) in [6.45, 7) is 6.97. The number of carbonyl (C=O) groups excluding carboxylic acids is 1. The van der Waals surface area contributed by atoms with Gasteiger partial charge in [-0.05, 0) is 47.0 Å². The lowest BCUT2D eigenvalue weighted by molar-refractivity contribution is 0.0278. The highest BCUT2D eigenvalue weighted by molar-refractivity contribution is 5.88. The van der Waals surface area contributed by atoms with Crippen LogP contribution < -0.4 is 4.74 Å². The van der Waals surface area contributed by atoms with Gasteiger partial charge in [-0.3, -0.25) is 0 Å². The van der Waals surface area contributed by atoms with Gasteiger partial charge in [-0.2, -0.15) is 0 Å². The van der Waals surface area contributed by atoms with E-state index in [1.165, 1.54) is 0 Å². The quantitative estimate of drug-likeness (QED) is 0.869. The van der Waals surface area contributed by atoms with Crippen molar-refractivity contribution < 1.29 is 24.2 Å². The fraction of sp³-hybridized carbons (Fsp3) is 0.579. The minimum atomic E-state index is -0.983. The van der Waals surface area contributed by atoms with Crippen molar-refractivity contribution in [2.45, 2.75) is 37.8 Å². The normalized spacial score (nSPS) is 24.7. The molecule has 2 atom stereocenters. The van der Waals surface area contributed by atoms with Crippen LogP contribution >= 0.6 is 0 Å². The van der Waals surface area contributed by atoms with E-state index in [-0.39, 0.29) is 17.7 Å². The average molecular weight is 362 g/mol. The Morgan fingerprint density at radius 1 is 1.35 bits per heavy atom. The number of carbonyl (C=O) groups is 2. The van der Waals surface area contributed by atoms with Gasteiger partial charge in [0.2, 0.25) is 0 Å². The maximum absolute atomic E-state index is 12.6. The average Bonchev–Trinajstić information content (AvgIpc) is 3.08. The van der Waals surface area contributed by atoms with Crippen molar-refractivity contribution in [3.05, 3.63) is 29.3 Å². The molecule has 0 saturated carbocycles. The highest BCUT2D eigenvalue weighted by Crippen LogP contribution is 2.46. The number of hydrogen-bond acceptors (Lipinski definition) is 5. The summed E-state index contributed by atoms with van der Waals surface area (Å²) in [5.41, 5.74) is 0.199. The number of amides is 1. The molecule has 7 nitrogen and oxygen atoms in total. The minimum Gasteiger partial charge on any atom is -0.492 e. The summed E-state index contributed by atoms with van der Waals surface area (Å²) in [7, 11) is 3.96. The van der Waals surface area contributed by atoms with E-state index in [1.807, 2.05) is 40.9 Å². The smallest absolute Gasteiger partial charge is 0.410 e. The molecule has 2 heterocycles. The molecule has 1 N–H and O–H groups in total. The van der Waals surface area contributed by atoms with E-state index in [4.69, 9.17) is 9.47 Å². The van der Waals surface area contributed by atoms with E-state index >= 15 is 0 Å². The Bertz CT molecular complexity index is 740. The summed E-state index contributed by atoms with van der Waals surface area (Å²) in [6, 6.07) is 5.03. The van der Waals surface area contributed by atoms with Crippen LogP contribution in [-0.4, -0.2) is 72.4 Å². The first kappa shape index (κ1) is 18.5. The molecule has 1 fully saturated rings. The zero-order valence-electron chi connectivity index (χ0n) is 15.9. The zero-order chi connectivity index (χ0) is 19.3. The number of hydrogen-bond donors (Lipinski definition) is 1. The van der Waals surface area contributed by atoms with Crippen LogP contribution in [0.5, 0.6) is 5.75 Å². The largest absolute Gasteiger partial charge is 0.492 e. The van der Waals surface area contributed by atoms with E-state index in [0.717, 1.165) is 5.56 Å². The number of fused-ring (bicyclic) bond motifs is 2. The second kappa shape index (κ2) is 6.16. The first-order chi connectivity index (χ1) is 12.0. The van der Waals surface area contributed by atoms with Gasteiger partial charge in [0, 0.05) is 24.7 Å². The second-order valence-electron chi connectivity index (χ2n) is 8.30. The number of aromatic carboxylic acids is 1. The number of rotatable bonds is 2. The summed E-state index contributed by atoms with van der Waals surface area (Å²) in [5, 5.41) is 9.20. The molecule has 142 valence electrons. The number of carboxylic acid groups (broad SMARTS) is 1. The topological polar surface area (TPSA) is 79.3 Å². The highest BCUT2D eigenvalue weighted by Gasteiger charge is 2.55. The van der Waals surface area contributed by atoms with Gasteiger partial charge in [-0.1, -0.05) is 6.07 Å². The van der Waals surface area contributed by atoms with Crippen molar-refractivity contribution in [3.63, 3.8) is 0 Å². The van der Waals surface area contributed by atoms with Gasteiger partial charge in [-0.25, -0.2) is 9.59 Å². The molecule has 26 heavy (non-hydrogen) atoms. The number of ether oxygens (including phenoxy) is 2. The molecule has 1 saturated heterocycles. The predicted molar refractivity (Wildman–Crippen MR) is 95.9 cm³/mol. The fourth-order valence-corrected chi connectivity index (χ4v) is 3.89. The second-order valence-corrected chi connectivity index (χ2v) is 8.30. The lowest BCUT2D eigenvalue weighted by Crippen LogP contribution is -2.48. The van der Waals surface area contributed by atoms with Gasteiger partial charge >= 0.3 is 12.1 Å². The van der Waals surface area contributed by atoms with Gasteiger partial charge in [0.05, 0.1) is 11.0 Å². The molecular formula is C19H26N2O5. The summed E-state index contributed by atoms with van der Waals surface area (Å²) in [4.78, 5) is 27.6. The van der Waals surface area contributed by atoms with E-state index in [0.29, 0.717) is 25.4 Å². The lowest BCUT2D eigenvalue weighted by Gasteiger charge is -2.33. The van der Waals surface area contributed by atoms with Crippen LogP contribution in [-0.2, 0) is 10.2 Å². The van der Waals surface area contributed by atoms with Crippen LogP contribution in [0.2, 0.25) is 0 Å². The van der Waals surface area contributed by atoms with Crippen molar-refractivity contribution in [1.82, 2.24) is 9.80 Å². The summed E-state index contributed by atoms with van der Waals surface area (Å²) in [6.07, 6.45) is -0.336. The number of carboxylic acids is 1. The Morgan fingerprint density at radius 2 is 2.04 bits per heavy atom. The molecule has 2 unspecified atom stereocenters. The Hall–Kier alpha value is -2.28. The summed E-state index contributed by atoms with van der Waals surface area (Å²) in [5.74, 6) is -0.397. The molecule has 3 rings (SSSR count). The summed E-state index contributed by atoms with van der Waals surface area (Å²) >= 11 is 0. The number of benzene rings is 1. The van der Waals surface area contributed by atoms with Gasteiger partial charge < -0.3 is 24.4 Å². The Labute approximate surface area is 153 Å². The van der Waals surface area contributed by atoms with Crippen molar-refractivity contribution in [1.29, 1.82) is 0 Å². The molecule has 0 radical (unpaired) electrons. The minimum absolute atomic E-state index is 0.0481. The monoisotopic (exact) mass is 362 g/mol. The number of nitrogens with zero attached hydrogens (tertiary/aromatic N) is 2. The van der Waals surface area contributed by atoms with E-state index in [9.17, 15) is 14.7 Å². The van der Waals surface area contributed by atoms with Gasteiger partial charge in [-0.15, -0.1) is 0 Å². The van der Waals surface area contributed by atoms with Crippen molar-refractivity contribution in [2.75, 3.05) is 33.8 Å². The Morgan fingerprint density at radius 3 is 2.62 bits per heavy atom. The van der Waals surface area contributed by atoms with Crippen LogP contribution in [0.4, 0.5) is 4.79 Å². The third kappa shape index (κ3) is 3.11. The third-order valence-corrected chi connectivity index (χ3v) is 5.03. The number of likely N-dealkylation sites (tertiary alicyclic amines) is 1. The first-order valence-electron chi connectivity index (χ1n) is 8.68. The predicted octanol–water partition coefficient (Wildman–Crippen LogP) is 2.20. The van der Waals surface area contributed by atoms with Crippen molar-refractivity contribution >= 4 is 12.1 Å². The molecule has 0 bridgehead atoms. The van der Waals surface area contributed by atoms with Crippen molar-refractivity contribution in [3.8, 4) is 5.75 Å². The molecule has 2 aliphatic heterocycles. The van der Waals surface area contributed by atoms with Gasteiger partial charge in [0.25, 0.3) is 0 Å². The Kier molecular flexibility index (Phi) is 4.38. The molecule has 0 aromatic heterocycles. The standard InChI is InChI=1S/C19H26N2O5/c1-18(2,3)26-17(24)21-9-15(20(4)5)19(10-21)11-25-14-8-12(16(22)23)6-7-13(14)19/h6-8,15H,9-11H2,1-5H3,(H,22,23). The highest BCUT2D eigenvalue weighted by atomic mass is 16.6. The third-order valence-electron chi connectivity index (χ3n) is 5.03. The van der Waals surface area contributed by atoms with E-state index in [1.54, 1.807) is 17.0 Å². The Balaban J connectivity index is 1.94. The van der Waals surface area contributed by atoms with Gasteiger partial charge in [0.1, 0.15) is 18.0 Å². The lowest BCUT2D eigenvalue weighted by atomic mass is 9.77. The fourth-order valence-electron chi connectivity index (χ4n) is 3.89. The molecule has 0 aliphatic carbocycles. The molecule has 1 aromatic carbocycles. The molecule has 2 aliphatic rings. The molecular weight excluding hydrogens is 336 g/mol. The van der Waals surface area contributed by atoms with Gasteiger partial charge in [0.15, 0.2) is 0 Å². The first-order valence-corrected chi connectivity index (χ1v) is 8.68. The maximum atomic E-state index is 12.6. The molecule has 7 heteroatoms. The summed E-state index contributed by atoms with van der Waals surface area (Å²) < 4.78 is 11.4. The number of likely N-dealkylation sites (N-methyl/N-ethyl adjacent to an activating group) is 1. The van der Waals surface area contributed by atoms with Crippen molar-refractivity contribution in [2.24, 2.45) is 0 Å². The molecule has 1 amide bonds.